The molecule has 0 spiro atoms. The van der Waals surface area contributed by atoms with Crippen LogP contribution < -0.4 is 0 Å². The number of halogens is 2. The maximum Gasteiger partial charge on any atom is 0.321 e. The van der Waals surface area contributed by atoms with Crippen LogP contribution in [0.25, 0.3) is 0 Å². The number of carbonyl (C=O) groups is 1. The molecule has 1 saturated heterocycles. The summed E-state index contributed by atoms with van der Waals surface area (Å²) in [5, 5.41) is 9.97. The van der Waals surface area contributed by atoms with Crippen LogP contribution in [0.15, 0.2) is 18.2 Å². The highest BCUT2D eigenvalue weighted by atomic mass is 35.5. The first-order chi connectivity index (χ1) is 9.31. The molecule has 20 heavy (non-hydrogen) atoms. The number of piperidine rings is 1. The van der Waals surface area contributed by atoms with E-state index >= 15 is 0 Å². The average molecular weight is 300 g/mol. The zero-order valence-corrected chi connectivity index (χ0v) is 12.5. The number of likely N-dealkylation sites (tertiary alicyclic amines) is 1. The summed E-state index contributed by atoms with van der Waals surface area (Å²) < 4.78 is 13.3. The highest BCUT2D eigenvalue weighted by molar-refractivity contribution is 6.31. The van der Waals surface area contributed by atoms with Crippen molar-refractivity contribution in [3.63, 3.8) is 0 Å². The van der Waals surface area contributed by atoms with Gasteiger partial charge in [0.25, 0.3) is 0 Å². The van der Waals surface area contributed by atoms with Gasteiger partial charge in [0.15, 0.2) is 0 Å². The van der Waals surface area contributed by atoms with Crippen LogP contribution in [0.4, 0.5) is 4.39 Å². The van der Waals surface area contributed by atoms with Crippen molar-refractivity contribution in [2.75, 3.05) is 6.54 Å². The predicted molar refractivity (Wildman–Crippen MR) is 76.3 cm³/mol. The van der Waals surface area contributed by atoms with Gasteiger partial charge in [-0.05, 0) is 48.6 Å². The van der Waals surface area contributed by atoms with Crippen molar-refractivity contribution in [2.45, 2.75) is 39.3 Å². The number of nitrogens with zero attached hydrogens (tertiary/aromatic N) is 1. The lowest BCUT2D eigenvalue weighted by molar-refractivity contribution is -0.151. The molecule has 1 aromatic rings. The molecule has 0 saturated carbocycles. The van der Waals surface area contributed by atoms with Crippen molar-refractivity contribution in [1.29, 1.82) is 0 Å². The summed E-state index contributed by atoms with van der Waals surface area (Å²) in [5.41, 5.74) is 0.333. The zero-order valence-electron chi connectivity index (χ0n) is 11.7. The van der Waals surface area contributed by atoms with Gasteiger partial charge in [-0.3, -0.25) is 9.69 Å². The molecule has 1 aromatic carbocycles. The molecule has 0 aliphatic carbocycles. The van der Waals surface area contributed by atoms with Crippen molar-refractivity contribution in [3.8, 4) is 0 Å². The Balaban J connectivity index is 2.26. The Morgan fingerprint density at radius 2 is 2.25 bits per heavy atom. The van der Waals surface area contributed by atoms with E-state index in [4.69, 9.17) is 11.6 Å². The van der Waals surface area contributed by atoms with Crippen molar-refractivity contribution < 1.29 is 14.3 Å². The van der Waals surface area contributed by atoms with Crippen molar-refractivity contribution in [1.82, 2.24) is 4.90 Å². The first-order valence-electron chi connectivity index (χ1n) is 6.72. The second-order valence-corrected chi connectivity index (χ2v) is 6.45. The summed E-state index contributed by atoms with van der Waals surface area (Å²) in [5.74, 6) is -1.19. The molecular formula is C15H19ClFNO2. The molecular weight excluding hydrogens is 281 g/mol. The van der Waals surface area contributed by atoms with Gasteiger partial charge in [-0.1, -0.05) is 25.4 Å². The molecule has 5 heteroatoms. The molecule has 0 bridgehead atoms. The lowest BCUT2D eigenvalue weighted by Crippen LogP contribution is -2.53. The van der Waals surface area contributed by atoms with Gasteiger partial charge in [0.1, 0.15) is 11.9 Å². The first-order valence-corrected chi connectivity index (χ1v) is 7.10. The van der Waals surface area contributed by atoms with Gasteiger partial charge >= 0.3 is 5.97 Å². The molecule has 1 heterocycles. The molecule has 0 radical (unpaired) electrons. The largest absolute Gasteiger partial charge is 0.480 e. The topological polar surface area (TPSA) is 40.5 Å². The fourth-order valence-corrected chi connectivity index (χ4v) is 3.22. The minimum Gasteiger partial charge on any atom is -0.480 e. The van der Waals surface area contributed by atoms with Crippen LogP contribution in [-0.2, 0) is 11.3 Å². The molecule has 1 fully saturated rings. The quantitative estimate of drug-likeness (QED) is 0.928. The van der Waals surface area contributed by atoms with E-state index in [-0.39, 0.29) is 11.2 Å². The van der Waals surface area contributed by atoms with Gasteiger partial charge in [0.05, 0.1) is 0 Å². The van der Waals surface area contributed by atoms with Crippen LogP contribution in [-0.4, -0.2) is 28.6 Å². The van der Waals surface area contributed by atoms with E-state index in [2.05, 4.69) is 0 Å². The zero-order chi connectivity index (χ0) is 14.9. The highest BCUT2D eigenvalue weighted by Crippen LogP contribution is 2.36. The Morgan fingerprint density at radius 1 is 1.55 bits per heavy atom. The van der Waals surface area contributed by atoms with Crippen LogP contribution in [0.5, 0.6) is 0 Å². The van der Waals surface area contributed by atoms with Crippen molar-refractivity contribution >= 4 is 17.6 Å². The minimum atomic E-state index is -0.831. The van der Waals surface area contributed by atoms with Crippen LogP contribution in [0.1, 0.15) is 32.3 Å². The van der Waals surface area contributed by atoms with Gasteiger partial charge in [-0.2, -0.15) is 0 Å². The third kappa shape index (κ3) is 3.13. The van der Waals surface area contributed by atoms with Gasteiger partial charge in [-0.25, -0.2) is 4.39 Å². The minimum absolute atomic E-state index is 0.302. The first kappa shape index (κ1) is 15.3. The maximum absolute atomic E-state index is 13.3. The molecule has 110 valence electrons. The third-order valence-electron chi connectivity index (χ3n) is 3.99. The van der Waals surface area contributed by atoms with Crippen LogP contribution in [0.2, 0.25) is 5.02 Å². The summed E-state index contributed by atoms with van der Waals surface area (Å²) in [7, 11) is 0. The van der Waals surface area contributed by atoms with E-state index in [9.17, 15) is 14.3 Å². The predicted octanol–water partition coefficient (Wildman–Crippen LogP) is 3.55. The van der Waals surface area contributed by atoms with E-state index < -0.39 is 12.0 Å². The smallest absolute Gasteiger partial charge is 0.321 e. The molecule has 1 aliphatic rings. The number of carboxylic acid groups (broad SMARTS) is 1. The number of aliphatic carboxylic acids is 1. The summed E-state index contributed by atoms with van der Waals surface area (Å²) in [6.45, 7) is 4.97. The lowest BCUT2D eigenvalue weighted by Gasteiger charge is -2.44. The molecule has 0 amide bonds. The Hall–Kier alpha value is -1.13. The summed E-state index contributed by atoms with van der Waals surface area (Å²) >= 11 is 6.07. The molecule has 2 rings (SSSR count). The number of hydrogen-bond donors (Lipinski definition) is 1. The Bertz CT molecular complexity index is 519. The summed E-state index contributed by atoms with van der Waals surface area (Å²) in [4.78, 5) is 13.5. The van der Waals surface area contributed by atoms with E-state index in [1.54, 1.807) is 0 Å². The fourth-order valence-electron chi connectivity index (χ4n) is 3.04. The van der Waals surface area contributed by atoms with Crippen LogP contribution >= 0.6 is 11.6 Å². The SMILES string of the molecule is CC1(C)CCCN(Cc2cc(F)ccc2Cl)C1C(=O)O. The number of rotatable bonds is 3. The number of benzene rings is 1. The molecule has 1 atom stereocenters. The number of hydrogen-bond acceptors (Lipinski definition) is 2. The van der Waals surface area contributed by atoms with Gasteiger partial charge < -0.3 is 5.11 Å². The normalized spacial score (nSPS) is 22.7. The molecule has 1 N–H and O–H groups in total. The Morgan fingerprint density at radius 3 is 2.90 bits per heavy atom. The monoisotopic (exact) mass is 299 g/mol. The second kappa shape index (κ2) is 5.70. The average Bonchev–Trinajstić information content (AvgIpc) is 2.32. The van der Waals surface area contributed by atoms with Crippen LogP contribution in [0.3, 0.4) is 0 Å². The Labute approximate surface area is 123 Å². The molecule has 1 aliphatic heterocycles. The van der Waals surface area contributed by atoms with Gasteiger partial charge in [0, 0.05) is 11.6 Å². The van der Waals surface area contributed by atoms with Crippen molar-refractivity contribution in [2.24, 2.45) is 5.41 Å². The molecule has 0 aromatic heterocycles. The summed E-state index contributed by atoms with van der Waals surface area (Å²) in [6.07, 6.45) is 1.81. The molecule has 1 unspecified atom stereocenters. The van der Waals surface area contributed by atoms with Gasteiger partial charge in [0.2, 0.25) is 0 Å². The summed E-state index contributed by atoms with van der Waals surface area (Å²) in [6, 6.07) is 3.62. The lowest BCUT2D eigenvalue weighted by atomic mass is 9.76. The van der Waals surface area contributed by atoms with E-state index in [1.165, 1.54) is 18.2 Å². The van der Waals surface area contributed by atoms with E-state index in [1.807, 2.05) is 18.7 Å². The van der Waals surface area contributed by atoms with E-state index in [0.717, 1.165) is 12.8 Å². The maximum atomic E-state index is 13.3. The number of carboxylic acids is 1. The van der Waals surface area contributed by atoms with E-state index in [0.29, 0.717) is 23.7 Å². The second-order valence-electron chi connectivity index (χ2n) is 6.04. The third-order valence-corrected chi connectivity index (χ3v) is 4.36. The highest BCUT2D eigenvalue weighted by Gasteiger charge is 2.42. The molecule has 3 nitrogen and oxygen atoms in total. The Kier molecular flexibility index (Phi) is 4.35. The fraction of sp³-hybridized carbons (Fsp3) is 0.533. The van der Waals surface area contributed by atoms with Gasteiger partial charge in [-0.15, -0.1) is 0 Å². The van der Waals surface area contributed by atoms with Crippen LogP contribution in [0, 0.1) is 11.2 Å². The van der Waals surface area contributed by atoms with Crippen molar-refractivity contribution in [3.05, 3.63) is 34.6 Å². The standard InChI is InChI=1S/C15H19ClFNO2/c1-15(2)6-3-7-18(13(15)14(19)20)9-10-8-11(17)4-5-12(10)16/h4-5,8,13H,3,6-7,9H2,1-2H3,(H,19,20).